The Hall–Kier alpha value is -1.39. The molecule has 2 N–H and O–H groups in total. The lowest BCUT2D eigenvalue weighted by Gasteiger charge is -2.23. The number of hydrogen-bond acceptors (Lipinski definition) is 4. The number of aliphatic hydroxyl groups excluding tert-OH is 1. The Bertz CT molecular complexity index is 364. The normalized spacial score (nSPS) is 12.2. The van der Waals surface area contributed by atoms with Crippen LogP contribution in [0.5, 0.6) is 0 Å². The van der Waals surface area contributed by atoms with E-state index in [0.29, 0.717) is 19.1 Å². The van der Waals surface area contributed by atoms with Crippen LogP contribution >= 0.6 is 0 Å². The van der Waals surface area contributed by atoms with Crippen molar-refractivity contribution in [1.29, 1.82) is 0 Å². The summed E-state index contributed by atoms with van der Waals surface area (Å²) in [5.74, 6) is 0. The summed E-state index contributed by atoms with van der Waals surface area (Å²) in [5.41, 5.74) is 2.08. The molecule has 1 heterocycles. The van der Waals surface area contributed by atoms with Crippen molar-refractivity contribution in [3.05, 3.63) is 36.7 Å². The van der Waals surface area contributed by atoms with Gasteiger partial charge in [-0.15, -0.1) is 6.58 Å². The molecule has 0 aliphatic heterocycles. The third-order valence-corrected chi connectivity index (χ3v) is 3.07. The highest BCUT2D eigenvalue weighted by Crippen LogP contribution is 2.18. The molecular formula is C15H25N3O. The molecule has 19 heavy (non-hydrogen) atoms. The molecular weight excluding hydrogens is 238 g/mol. The average Bonchev–Trinajstić information content (AvgIpc) is 2.45. The number of hydrogen-bond donors (Lipinski definition) is 2. The average molecular weight is 263 g/mol. The van der Waals surface area contributed by atoms with Gasteiger partial charge in [0.15, 0.2) is 0 Å². The number of aliphatic hydroxyl groups is 1. The lowest BCUT2D eigenvalue weighted by molar-refractivity contribution is 0.303. The van der Waals surface area contributed by atoms with E-state index in [9.17, 15) is 0 Å². The van der Waals surface area contributed by atoms with Crippen LogP contribution in [0.1, 0.15) is 32.0 Å². The maximum absolute atomic E-state index is 9.07. The van der Waals surface area contributed by atoms with Crippen LogP contribution in [0, 0.1) is 0 Å². The van der Waals surface area contributed by atoms with Crippen molar-refractivity contribution < 1.29 is 5.11 Å². The number of pyridine rings is 1. The Morgan fingerprint density at radius 1 is 1.47 bits per heavy atom. The molecule has 0 fully saturated rings. The van der Waals surface area contributed by atoms with E-state index in [4.69, 9.17) is 5.11 Å². The summed E-state index contributed by atoms with van der Waals surface area (Å²) in [4.78, 5) is 6.59. The largest absolute Gasteiger partial charge is 0.395 e. The van der Waals surface area contributed by atoms with E-state index < -0.39 is 0 Å². The minimum atomic E-state index is 0.130. The Kier molecular flexibility index (Phi) is 7.15. The van der Waals surface area contributed by atoms with Crippen LogP contribution in [-0.2, 0) is 0 Å². The molecule has 0 aliphatic carbocycles. The minimum Gasteiger partial charge on any atom is -0.395 e. The van der Waals surface area contributed by atoms with Crippen molar-refractivity contribution >= 4 is 5.69 Å². The zero-order valence-corrected chi connectivity index (χ0v) is 12.0. The molecule has 106 valence electrons. The third kappa shape index (κ3) is 4.65. The summed E-state index contributed by atoms with van der Waals surface area (Å²) >= 11 is 0. The molecule has 0 spiro atoms. The van der Waals surface area contributed by atoms with Gasteiger partial charge in [0.05, 0.1) is 24.2 Å². The molecule has 0 radical (unpaired) electrons. The number of aromatic nitrogens is 1. The summed E-state index contributed by atoms with van der Waals surface area (Å²) in [7, 11) is 0. The number of nitrogens with one attached hydrogen (secondary N) is 1. The van der Waals surface area contributed by atoms with E-state index in [1.165, 1.54) is 0 Å². The summed E-state index contributed by atoms with van der Waals surface area (Å²) < 4.78 is 0. The highest BCUT2D eigenvalue weighted by Gasteiger charge is 2.10. The summed E-state index contributed by atoms with van der Waals surface area (Å²) in [6.07, 6.45) is 4.72. The maximum atomic E-state index is 9.07. The van der Waals surface area contributed by atoms with Crippen LogP contribution in [0.15, 0.2) is 31.0 Å². The summed E-state index contributed by atoms with van der Waals surface area (Å²) in [6, 6.07) is 4.42. The van der Waals surface area contributed by atoms with Crippen molar-refractivity contribution in [3.8, 4) is 0 Å². The highest BCUT2D eigenvalue weighted by molar-refractivity contribution is 5.45. The quantitative estimate of drug-likeness (QED) is 0.670. The van der Waals surface area contributed by atoms with Crippen molar-refractivity contribution in [1.82, 2.24) is 10.3 Å². The van der Waals surface area contributed by atoms with E-state index in [2.05, 4.69) is 47.8 Å². The number of nitrogens with zero attached hydrogens (tertiary/aromatic N) is 2. The van der Waals surface area contributed by atoms with Crippen LogP contribution in [0.3, 0.4) is 0 Å². The fourth-order valence-electron chi connectivity index (χ4n) is 2.10. The van der Waals surface area contributed by atoms with Crippen LogP contribution in [-0.4, -0.2) is 36.3 Å². The fourth-order valence-corrected chi connectivity index (χ4v) is 2.10. The summed E-state index contributed by atoms with van der Waals surface area (Å²) in [5, 5.41) is 12.5. The molecule has 4 heteroatoms. The van der Waals surface area contributed by atoms with E-state index in [1.54, 1.807) is 0 Å². The van der Waals surface area contributed by atoms with Crippen molar-refractivity contribution in [2.75, 3.05) is 31.1 Å². The number of rotatable bonds is 9. The monoisotopic (exact) mass is 263 g/mol. The summed E-state index contributed by atoms with van der Waals surface area (Å²) in [6.45, 7) is 10.4. The molecule has 0 bridgehead atoms. The van der Waals surface area contributed by atoms with Crippen LogP contribution in [0.2, 0.25) is 0 Å². The maximum Gasteiger partial charge on any atom is 0.0606 e. The molecule has 1 unspecified atom stereocenters. The smallest absolute Gasteiger partial charge is 0.0606 e. The van der Waals surface area contributed by atoms with Gasteiger partial charge in [-0.05, 0) is 25.1 Å². The van der Waals surface area contributed by atoms with Crippen LogP contribution in [0.25, 0.3) is 0 Å². The van der Waals surface area contributed by atoms with Gasteiger partial charge < -0.3 is 15.3 Å². The standard InChI is InChI=1S/C15H25N3O/c1-4-9-18(10-11-19)13-7-8-15(17-12-13)14(5-2)16-6-3/h4,7-8,12,14,16,19H,1,5-6,9-11H2,2-3H3. The predicted octanol–water partition coefficient (Wildman–Crippen LogP) is 2.13. The first-order valence-corrected chi connectivity index (χ1v) is 6.92. The molecule has 0 aliphatic rings. The van der Waals surface area contributed by atoms with Crippen molar-refractivity contribution in [2.45, 2.75) is 26.3 Å². The third-order valence-electron chi connectivity index (χ3n) is 3.07. The molecule has 1 aromatic heterocycles. The van der Waals surface area contributed by atoms with E-state index >= 15 is 0 Å². The Morgan fingerprint density at radius 2 is 2.26 bits per heavy atom. The molecule has 0 aromatic carbocycles. The van der Waals surface area contributed by atoms with E-state index in [1.807, 2.05) is 12.3 Å². The molecule has 1 atom stereocenters. The topological polar surface area (TPSA) is 48.4 Å². The highest BCUT2D eigenvalue weighted by atomic mass is 16.3. The first-order valence-electron chi connectivity index (χ1n) is 6.92. The zero-order chi connectivity index (χ0) is 14.1. The van der Waals surface area contributed by atoms with E-state index in [0.717, 1.165) is 24.3 Å². The fraction of sp³-hybridized carbons (Fsp3) is 0.533. The van der Waals surface area contributed by atoms with Crippen LogP contribution in [0.4, 0.5) is 5.69 Å². The van der Waals surface area contributed by atoms with Gasteiger partial charge in [0.25, 0.3) is 0 Å². The van der Waals surface area contributed by atoms with Gasteiger partial charge in [-0.3, -0.25) is 4.98 Å². The molecule has 1 rings (SSSR count). The van der Waals surface area contributed by atoms with Gasteiger partial charge in [-0.1, -0.05) is 19.9 Å². The van der Waals surface area contributed by atoms with Crippen molar-refractivity contribution in [3.63, 3.8) is 0 Å². The van der Waals surface area contributed by atoms with Crippen molar-refractivity contribution in [2.24, 2.45) is 0 Å². The molecule has 1 aromatic rings. The van der Waals surface area contributed by atoms with Gasteiger partial charge in [0.2, 0.25) is 0 Å². The van der Waals surface area contributed by atoms with Crippen LogP contribution < -0.4 is 10.2 Å². The Labute approximate surface area is 116 Å². The second kappa shape index (κ2) is 8.67. The van der Waals surface area contributed by atoms with Gasteiger partial charge in [-0.25, -0.2) is 0 Å². The molecule has 0 saturated heterocycles. The number of anilines is 1. The second-order valence-electron chi connectivity index (χ2n) is 4.42. The first-order chi connectivity index (χ1) is 9.26. The van der Waals surface area contributed by atoms with Gasteiger partial charge in [0.1, 0.15) is 0 Å². The molecule has 0 saturated carbocycles. The van der Waals surface area contributed by atoms with E-state index in [-0.39, 0.29) is 6.61 Å². The predicted molar refractivity (Wildman–Crippen MR) is 80.4 cm³/mol. The minimum absolute atomic E-state index is 0.130. The Balaban J connectivity index is 2.80. The molecule has 4 nitrogen and oxygen atoms in total. The van der Waals surface area contributed by atoms with Gasteiger partial charge >= 0.3 is 0 Å². The Morgan fingerprint density at radius 3 is 2.74 bits per heavy atom. The van der Waals surface area contributed by atoms with Gasteiger partial charge in [0, 0.05) is 19.1 Å². The zero-order valence-electron chi connectivity index (χ0n) is 12.0. The lowest BCUT2D eigenvalue weighted by Crippen LogP contribution is -2.27. The SMILES string of the molecule is C=CCN(CCO)c1ccc(C(CC)NCC)nc1. The molecule has 0 amide bonds. The van der Waals surface area contributed by atoms with Gasteiger partial charge in [-0.2, -0.15) is 0 Å². The first kappa shape index (κ1) is 15.7. The lowest BCUT2D eigenvalue weighted by atomic mass is 10.1. The second-order valence-corrected chi connectivity index (χ2v) is 4.42.